The van der Waals surface area contributed by atoms with Gasteiger partial charge in [-0.2, -0.15) is 4.99 Å². The average molecular weight is 436 g/mol. The average Bonchev–Trinajstić information content (AvgIpc) is 3.04. The number of hydrogen-bond donors (Lipinski definition) is 0. The quantitative estimate of drug-likeness (QED) is 0.721. The number of amidine groups is 1. The highest BCUT2D eigenvalue weighted by Gasteiger charge is 2.49. The van der Waals surface area contributed by atoms with Crippen LogP contribution in [0.2, 0.25) is 0 Å². The first-order chi connectivity index (χ1) is 13.0. The van der Waals surface area contributed by atoms with Crippen molar-refractivity contribution in [2.75, 3.05) is 16.4 Å². The van der Waals surface area contributed by atoms with Gasteiger partial charge in [-0.3, -0.25) is 4.79 Å². The van der Waals surface area contributed by atoms with E-state index in [9.17, 15) is 26.4 Å². The summed E-state index contributed by atoms with van der Waals surface area (Å²) in [6.07, 6.45) is -4.18. The van der Waals surface area contributed by atoms with E-state index in [2.05, 4.69) is 9.73 Å². The standard InChI is InChI=1S/C17H19F3N2O4S2/c1-3-10(2)15(23)21-16-22(13-8-28(24,25)9-14(13)27-16)11-4-6-12(7-5-11)26-17(18,19)20/h4-7,10,13-14H,3,8-9H2,1-2H3/t10-,13+,14+/m1/s1. The van der Waals surface area contributed by atoms with E-state index in [1.807, 2.05) is 6.92 Å². The predicted octanol–water partition coefficient (Wildman–Crippen LogP) is 3.23. The van der Waals surface area contributed by atoms with E-state index in [1.54, 1.807) is 11.8 Å². The molecule has 154 valence electrons. The van der Waals surface area contributed by atoms with Gasteiger partial charge in [0.05, 0.1) is 17.5 Å². The zero-order chi connectivity index (χ0) is 20.7. The van der Waals surface area contributed by atoms with Gasteiger partial charge in [-0.25, -0.2) is 8.42 Å². The van der Waals surface area contributed by atoms with Crippen LogP contribution in [0.1, 0.15) is 20.3 Å². The maximum Gasteiger partial charge on any atom is 0.573 e. The summed E-state index contributed by atoms with van der Waals surface area (Å²) in [5.74, 6) is -1.09. The number of rotatable bonds is 4. The van der Waals surface area contributed by atoms with Gasteiger partial charge < -0.3 is 9.64 Å². The Balaban J connectivity index is 1.93. The number of hydrogen-bond acceptors (Lipinski definition) is 5. The van der Waals surface area contributed by atoms with Crippen molar-refractivity contribution in [3.8, 4) is 5.75 Å². The molecule has 2 heterocycles. The molecule has 6 nitrogen and oxygen atoms in total. The fourth-order valence-electron chi connectivity index (χ4n) is 3.05. The Kier molecular flexibility index (Phi) is 5.68. The number of ether oxygens (including phenoxy) is 1. The van der Waals surface area contributed by atoms with E-state index in [1.165, 1.54) is 23.9 Å². The molecule has 1 aromatic rings. The predicted molar refractivity (Wildman–Crippen MR) is 101 cm³/mol. The van der Waals surface area contributed by atoms with Crippen molar-refractivity contribution in [3.05, 3.63) is 24.3 Å². The van der Waals surface area contributed by atoms with Crippen LogP contribution in [0.25, 0.3) is 0 Å². The van der Waals surface area contributed by atoms with Gasteiger partial charge >= 0.3 is 6.36 Å². The van der Waals surface area contributed by atoms with Crippen molar-refractivity contribution in [3.63, 3.8) is 0 Å². The minimum atomic E-state index is -4.80. The third kappa shape index (κ3) is 4.62. The van der Waals surface area contributed by atoms with Gasteiger partial charge in [0, 0.05) is 16.9 Å². The number of sulfone groups is 1. The van der Waals surface area contributed by atoms with Gasteiger partial charge in [-0.05, 0) is 30.7 Å². The summed E-state index contributed by atoms with van der Waals surface area (Å²) in [5.41, 5.74) is 0.460. The van der Waals surface area contributed by atoms with Crippen LogP contribution in [0.5, 0.6) is 5.75 Å². The molecule has 2 aliphatic rings. The molecule has 0 aromatic heterocycles. The van der Waals surface area contributed by atoms with Crippen LogP contribution in [0.4, 0.5) is 18.9 Å². The van der Waals surface area contributed by atoms with E-state index in [0.717, 1.165) is 12.1 Å². The molecule has 2 saturated heterocycles. The topological polar surface area (TPSA) is 76.0 Å². The minimum absolute atomic E-state index is 0.0232. The van der Waals surface area contributed by atoms with E-state index in [4.69, 9.17) is 0 Å². The molecule has 0 spiro atoms. The number of carbonyl (C=O) groups is 1. The molecular weight excluding hydrogens is 417 g/mol. The van der Waals surface area contributed by atoms with E-state index in [-0.39, 0.29) is 34.3 Å². The number of fused-ring (bicyclic) bond motifs is 1. The molecule has 3 atom stereocenters. The largest absolute Gasteiger partial charge is 0.573 e. The molecule has 0 radical (unpaired) electrons. The first-order valence-corrected chi connectivity index (χ1v) is 11.3. The van der Waals surface area contributed by atoms with Crippen LogP contribution in [-0.4, -0.2) is 48.7 Å². The van der Waals surface area contributed by atoms with E-state index < -0.39 is 22.2 Å². The number of halogens is 3. The van der Waals surface area contributed by atoms with Crippen LogP contribution in [0.15, 0.2) is 29.3 Å². The van der Waals surface area contributed by atoms with Crippen LogP contribution in [0.3, 0.4) is 0 Å². The SMILES string of the molecule is CC[C@@H](C)C(=O)N=C1S[C@H]2CS(=O)(=O)C[C@@H]2N1c1ccc(OC(F)(F)F)cc1. The summed E-state index contributed by atoms with van der Waals surface area (Å²) in [5, 5.41) is 0.0966. The smallest absolute Gasteiger partial charge is 0.406 e. The van der Waals surface area contributed by atoms with Gasteiger partial charge in [0.25, 0.3) is 5.91 Å². The molecule has 0 N–H and O–H groups in total. The first-order valence-electron chi connectivity index (χ1n) is 8.64. The second-order valence-corrected chi connectivity index (χ2v) is 10.1. The molecule has 11 heteroatoms. The normalized spacial score (nSPS) is 26.3. The summed E-state index contributed by atoms with van der Waals surface area (Å²) in [7, 11) is -3.23. The lowest BCUT2D eigenvalue weighted by molar-refractivity contribution is -0.274. The Labute approximate surface area is 165 Å². The number of carbonyl (C=O) groups excluding carboxylic acids is 1. The Morgan fingerprint density at radius 2 is 1.96 bits per heavy atom. The monoisotopic (exact) mass is 436 g/mol. The maximum absolute atomic E-state index is 12.4. The molecular formula is C17H19F3N2O4S2. The Morgan fingerprint density at radius 3 is 2.54 bits per heavy atom. The zero-order valence-corrected chi connectivity index (χ0v) is 16.8. The van der Waals surface area contributed by atoms with Crippen LogP contribution in [-0.2, 0) is 14.6 Å². The fraction of sp³-hybridized carbons (Fsp3) is 0.529. The van der Waals surface area contributed by atoms with Gasteiger partial charge in [-0.15, -0.1) is 13.2 Å². The fourth-order valence-corrected chi connectivity index (χ4v) is 6.97. The molecule has 28 heavy (non-hydrogen) atoms. The number of aliphatic imine (C=N–C) groups is 1. The number of benzene rings is 1. The number of amides is 1. The molecule has 0 saturated carbocycles. The highest BCUT2D eigenvalue weighted by Crippen LogP contribution is 2.41. The van der Waals surface area contributed by atoms with Gasteiger partial charge in [0.1, 0.15) is 5.75 Å². The molecule has 0 bridgehead atoms. The third-order valence-electron chi connectivity index (χ3n) is 4.65. The summed E-state index contributed by atoms with van der Waals surface area (Å²) >= 11 is 1.22. The summed E-state index contributed by atoms with van der Waals surface area (Å²) < 4.78 is 65.0. The minimum Gasteiger partial charge on any atom is -0.406 e. The highest BCUT2D eigenvalue weighted by atomic mass is 32.2. The van der Waals surface area contributed by atoms with Crippen LogP contribution in [0, 0.1) is 5.92 Å². The molecule has 0 aliphatic carbocycles. The van der Waals surface area contributed by atoms with Gasteiger partial charge in [-0.1, -0.05) is 25.6 Å². The molecule has 1 aromatic carbocycles. The number of alkyl halides is 3. The first kappa shape index (κ1) is 21.0. The van der Waals surface area contributed by atoms with Crippen molar-refractivity contribution < 1.29 is 31.1 Å². The second-order valence-electron chi connectivity index (χ2n) is 6.75. The molecule has 2 aliphatic heterocycles. The molecule has 2 fully saturated rings. The second kappa shape index (κ2) is 7.58. The lowest BCUT2D eigenvalue weighted by Crippen LogP contribution is -2.37. The maximum atomic E-state index is 12.4. The van der Waals surface area contributed by atoms with Crippen molar-refractivity contribution in [2.45, 2.75) is 37.9 Å². The Bertz CT molecular complexity index is 885. The van der Waals surface area contributed by atoms with Crippen LogP contribution < -0.4 is 9.64 Å². The number of anilines is 1. The molecule has 3 rings (SSSR count). The van der Waals surface area contributed by atoms with Crippen molar-refractivity contribution in [1.29, 1.82) is 0 Å². The van der Waals surface area contributed by atoms with Crippen molar-refractivity contribution in [1.82, 2.24) is 0 Å². The zero-order valence-electron chi connectivity index (χ0n) is 15.1. The van der Waals surface area contributed by atoms with Crippen LogP contribution >= 0.6 is 11.8 Å². The van der Waals surface area contributed by atoms with Gasteiger partial charge in [0.15, 0.2) is 15.0 Å². The molecule has 1 amide bonds. The Hall–Kier alpha value is -1.75. The highest BCUT2D eigenvalue weighted by molar-refractivity contribution is 8.16. The lowest BCUT2D eigenvalue weighted by Gasteiger charge is -2.25. The summed E-state index contributed by atoms with van der Waals surface area (Å²) in [6, 6.07) is 4.68. The van der Waals surface area contributed by atoms with Crippen molar-refractivity contribution >= 4 is 38.4 Å². The number of nitrogens with zero attached hydrogens (tertiary/aromatic N) is 2. The lowest BCUT2D eigenvalue weighted by atomic mass is 10.1. The van der Waals surface area contributed by atoms with Crippen molar-refractivity contribution in [2.24, 2.45) is 10.9 Å². The van der Waals surface area contributed by atoms with E-state index >= 15 is 0 Å². The molecule has 0 unspecified atom stereocenters. The third-order valence-corrected chi connectivity index (χ3v) is 7.86. The number of thioether (sulfide) groups is 1. The van der Waals surface area contributed by atoms with E-state index in [0.29, 0.717) is 17.3 Å². The Morgan fingerprint density at radius 1 is 1.32 bits per heavy atom. The summed E-state index contributed by atoms with van der Waals surface area (Å²) in [4.78, 5) is 18.1. The van der Waals surface area contributed by atoms with Gasteiger partial charge in [0.2, 0.25) is 0 Å². The summed E-state index contributed by atoms with van der Waals surface area (Å²) in [6.45, 7) is 3.62.